The molecule has 0 amide bonds. The molecule has 23 heavy (non-hydrogen) atoms. The van der Waals surface area contributed by atoms with E-state index in [1.807, 2.05) is 19.1 Å². The zero-order valence-electron chi connectivity index (χ0n) is 13.7. The van der Waals surface area contributed by atoms with Gasteiger partial charge in [0.25, 0.3) is 0 Å². The highest BCUT2D eigenvalue weighted by atomic mass is 32.2. The second kappa shape index (κ2) is 6.93. The predicted octanol–water partition coefficient (Wildman–Crippen LogP) is 2.31. The number of benzene rings is 1. The van der Waals surface area contributed by atoms with Gasteiger partial charge < -0.3 is 5.32 Å². The Morgan fingerprint density at radius 1 is 1.09 bits per heavy atom. The third-order valence-corrected chi connectivity index (χ3v) is 4.80. The minimum absolute atomic E-state index is 0.171. The maximum Gasteiger partial charge on any atom is 0.302 e. The van der Waals surface area contributed by atoms with Crippen LogP contribution in [-0.2, 0) is 16.6 Å². The molecular formula is C15H21N5O2S. The van der Waals surface area contributed by atoms with Gasteiger partial charge in [0.2, 0.25) is 0 Å². The van der Waals surface area contributed by atoms with Crippen LogP contribution in [0.4, 0.5) is 17.3 Å². The molecule has 0 atom stereocenters. The van der Waals surface area contributed by atoms with Gasteiger partial charge in [-0.1, -0.05) is 25.1 Å². The van der Waals surface area contributed by atoms with Gasteiger partial charge in [-0.25, -0.2) is 0 Å². The Hall–Kier alpha value is -2.19. The van der Waals surface area contributed by atoms with Crippen LogP contribution in [0.15, 0.2) is 30.3 Å². The number of rotatable bonds is 6. The fraction of sp³-hybridized carbons (Fsp3) is 0.333. The van der Waals surface area contributed by atoms with Crippen molar-refractivity contribution in [2.75, 3.05) is 24.1 Å². The zero-order valence-corrected chi connectivity index (χ0v) is 14.5. The fourth-order valence-corrected chi connectivity index (χ4v) is 2.56. The molecule has 2 rings (SSSR count). The summed E-state index contributed by atoms with van der Waals surface area (Å²) in [5.74, 6) is 0.728. The maximum atomic E-state index is 11.7. The van der Waals surface area contributed by atoms with Crippen LogP contribution in [0.25, 0.3) is 0 Å². The molecule has 124 valence electrons. The van der Waals surface area contributed by atoms with E-state index in [0.29, 0.717) is 5.82 Å². The van der Waals surface area contributed by atoms with E-state index in [2.05, 4.69) is 33.2 Å². The van der Waals surface area contributed by atoms with Gasteiger partial charge in [-0.05, 0) is 36.6 Å². The normalized spacial score (nSPS) is 11.5. The van der Waals surface area contributed by atoms with Crippen molar-refractivity contribution in [3.8, 4) is 0 Å². The Morgan fingerprint density at radius 2 is 1.74 bits per heavy atom. The number of hydrogen-bond donors (Lipinski definition) is 2. The number of para-hydroxylation sites is 1. The SMILES string of the molecule is CCc1cccc(C)c1Nc1ccc(NS(=O)(=O)N(C)C)nn1. The molecule has 1 aromatic carbocycles. The van der Waals surface area contributed by atoms with Gasteiger partial charge in [0, 0.05) is 19.8 Å². The minimum atomic E-state index is -3.58. The van der Waals surface area contributed by atoms with E-state index in [1.54, 1.807) is 12.1 Å². The molecule has 0 aliphatic heterocycles. The molecule has 1 aromatic heterocycles. The lowest BCUT2D eigenvalue weighted by atomic mass is 10.1. The second-order valence-corrected chi connectivity index (χ2v) is 7.17. The standard InChI is InChI=1S/C15H21N5O2S/c1-5-12-8-6-7-11(2)15(12)16-13-9-10-14(18-17-13)19-23(21,22)20(3)4/h6-10H,5H2,1-4H3,(H,16,17)(H,18,19). The Kier molecular flexibility index (Phi) is 5.17. The van der Waals surface area contributed by atoms with Crippen molar-refractivity contribution in [2.45, 2.75) is 20.3 Å². The molecule has 2 N–H and O–H groups in total. The van der Waals surface area contributed by atoms with E-state index in [-0.39, 0.29) is 5.82 Å². The molecule has 0 aliphatic carbocycles. The molecule has 0 fully saturated rings. The number of aryl methyl sites for hydroxylation is 2. The quantitative estimate of drug-likeness (QED) is 0.846. The third-order valence-electron chi connectivity index (χ3n) is 3.37. The Morgan fingerprint density at radius 3 is 2.30 bits per heavy atom. The van der Waals surface area contributed by atoms with E-state index in [0.717, 1.165) is 22.0 Å². The molecule has 0 saturated heterocycles. The molecule has 7 nitrogen and oxygen atoms in total. The van der Waals surface area contributed by atoms with Crippen LogP contribution in [0.3, 0.4) is 0 Å². The number of anilines is 3. The van der Waals surface area contributed by atoms with E-state index >= 15 is 0 Å². The largest absolute Gasteiger partial charge is 0.338 e. The first-order valence-corrected chi connectivity index (χ1v) is 8.67. The summed E-state index contributed by atoms with van der Waals surface area (Å²) < 4.78 is 26.9. The highest BCUT2D eigenvalue weighted by molar-refractivity contribution is 7.90. The van der Waals surface area contributed by atoms with Crippen molar-refractivity contribution >= 4 is 27.5 Å². The van der Waals surface area contributed by atoms with Crippen molar-refractivity contribution in [1.29, 1.82) is 0 Å². The monoisotopic (exact) mass is 335 g/mol. The highest BCUT2D eigenvalue weighted by Gasteiger charge is 2.14. The van der Waals surface area contributed by atoms with Crippen molar-refractivity contribution in [2.24, 2.45) is 0 Å². The Labute approximate surface area is 136 Å². The van der Waals surface area contributed by atoms with Gasteiger partial charge in [-0.2, -0.15) is 12.7 Å². The predicted molar refractivity (Wildman–Crippen MR) is 92.1 cm³/mol. The van der Waals surface area contributed by atoms with Gasteiger partial charge in [-0.15, -0.1) is 10.2 Å². The molecule has 1 heterocycles. The molecular weight excluding hydrogens is 314 g/mol. The number of hydrogen-bond acceptors (Lipinski definition) is 5. The molecule has 0 bridgehead atoms. The molecule has 0 spiro atoms. The summed E-state index contributed by atoms with van der Waals surface area (Å²) in [6, 6.07) is 9.35. The average molecular weight is 335 g/mol. The molecule has 0 unspecified atom stereocenters. The molecule has 0 saturated carbocycles. The van der Waals surface area contributed by atoms with E-state index in [9.17, 15) is 8.42 Å². The summed E-state index contributed by atoms with van der Waals surface area (Å²) in [5, 5.41) is 11.2. The van der Waals surface area contributed by atoms with Crippen LogP contribution in [0.2, 0.25) is 0 Å². The van der Waals surface area contributed by atoms with Crippen LogP contribution in [0.1, 0.15) is 18.1 Å². The topological polar surface area (TPSA) is 87.2 Å². The van der Waals surface area contributed by atoms with Gasteiger partial charge in [0.15, 0.2) is 11.6 Å². The van der Waals surface area contributed by atoms with E-state index < -0.39 is 10.2 Å². The molecule has 2 aromatic rings. The summed E-state index contributed by atoms with van der Waals surface area (Å²) in [7, 11) is -0.699. The lowest BCUT2D eigenvalue weighted by Crippen LogP contribution is -2.29. The maximum absolute atomic E-state index is 11.7. The number of aromatic nitrogens is 2. The lowest BCUT2D eigenvalue weighted by Gasteiger charge is -2.14. The van der Waals surface area contributed by atoms with Crippen LogP contribution < -0.4 is 10.0 Å². The first-order chi connectivity index (χ1) is 10.8. The first kappa shape index (κ1) is 17.2. The smallest absolute Gasteiger partial charge is 0.302 e. The number of nitrogens with one attached hydrogen (secondary N) is 2. The number of nitrogens with zero attached hydrogens (tertiary/aromatic N) is 3. The summed E-state index contributed by atoms with van der Waals surface area (Å²) >= 11 is 0. The Bertz CT molecular complexity index is 773. The van der Waals surface area contributed by atoms with Gasteiger partial charge >= 0.3 is 10.2 Å². The van der Waals surface area contributed by atoms with E-state index in [4.69, 9.17) is 0 Å². The second-order valence-electron chi connectivity index (χ2n) is 5.28. The van der Waals surface area contributed by atoms with Gasteiger partial charge in [0.05, 0.1) is 0 Å². The van der Waals surface area contributed by atoms with Crippen molar-refractivity contribution < 1.29 is 8.42 Å². The lowest BCUT2D eigenvalue weighted by molar-refractivity contribution is 0.526. The molecule has 8 heteroatoms. The molecule has 0 aliphatic rings. The Balaban J connectivity index is 2.18. The van der Waals surface area contributed by atoms with Crippen LogP contribution in [0, 0.1) is 6.92 Å². The fourth-order valence-electron chi connectivity index (χ4n) is 2.01. The van der Waals surface area contributed by atoms with Crippen molar-refractivity contribution in [3.63, 3.8) is 0 Å². The first-order valence-electron chi connectivity index (χ1n) is 7.23. The summed E-state index contributed by atoms with van der Waals surface area (Å²) in [4.78, 5) is 0. The highest BCUT2D eigenvalue weighted by Crippen LogP contribution is 2.24. The molecule has 0 radical (unpaired) electrons. The van der Waals surface area contributed by atoms with Gasteiger partial charge in [-0.3, -0.25) is 4.72 Å². The van der Waals surface area contributed by atoms with Crippen LogP contribution in [0.5, 0.6) is 0 Å². The van der Waals surface area contributed by atoms with Crippen LogP contribution in [-0.4, -0.2) is 37.0 Å². The zero-order chi connectivity index (χ0) is 17.0. The van der Waals surface area contributed by atoms with Crippen molar-refractivity contribution in [3.05, 3.63) is 41.5 Å². The van der Waals surface area contributed by atoms with Crippen LogP contribution >= 0.6 is 0 Å². The summed E-state index contributed by atoms with van der Waals surface area (Å²) in [6.45, 7) is 4.11. The minimum Gasteiger partial charge on any atom is -0.338 e. The van der Waals surface area contributed by atoms with E-state index in [1.165, 1.54) is 19.7 Å². The summed E-state index contributed by atoms with van der Waals surface area (Å²) in [6.07, 6.45) is 0.901. The van der Waals surface area contributed by atoms with Crippen molar-refractivity contribution in [1.82, 2.24) is 14.5 Å². The van der Waals surface area contributed by atoms with Gasteiger partial charge in [0.1, 0.15) is 0 Å². The average Bonchev–Trinajstić information content (AvgIpc) is 2.50. The third kappa shape index (κ3) is 4.17. The summed E-state index contributed by atoms with van der Waals surface area (Å²) in [5.41, 5.74) is 3.30.